The lowest BCUT2D eigenvalue weighted by Crippen LogP contribution is -2.17. The normalized spacial score (nSPS) is 10.8. The Labute approximate surface area is 168 Å². The molecule has 0 spiro atoms. The number of carboxylic acids is 1. The van der Waals surface area contributed by atoms with Crippen LogP contribution in [0.25, 0.3) is 11.3 Å². The first-order valence-electron chi connectivity index (χ1n) is 8.06. The summed E-state index contributed by atoms with van der Waals surface area (Å²) in [5.41, 5.74) is 2.94. The van der Waals surface area contributed by atoms with Gasteiger partial charge in [-0.05, 0) is 36.4 Å². The Balaban J connectivity index is 1.66. The van der Waals surface area contributed by atoms with Gasteiger partial charge in [0, 0.05) is 23.3 Å². The number of hydrazone groups is 1. The van der Waals surface area contributed by atoms with E-state index in [9.17, 15) is 19.7 Å². The molecule has 0 aliphatic heterocycles. The molecule has 2 aromatic carbocycles. The smallest absolute Gasteiger partial charge is 0.337 e. The first-order valence-corrected chi connectivity index (χ1v) is 8.44. The molecule has 1 heterocycles. The molecule has 0 unspecified atom stereocenters. The molecule has 2 N–H and O–H groups in total. The van der Waals surface area contributed by atoms with E-state index < -0.39 is 16.8 Å². The average molecular weight is 414 g/mol. The van der Waals surface area contributed by atoms with Gasteiger partial charge in [-0.1, -0.05) is 17.7 Å². The number of non-ortho nitro benzene ring substituents is 1. The number of carboxylic acid groups (broad SMARTS) is 1. The van der Waals surface area contributed by atoms with Crippen LogP contribution in [0.3, 0.4) is 0 Å². The van der Waals surface area contributed by atoms with E-state index in [1.807, 2.05) is 0 Å². The van der Waals surface area contributed by atoms with E-state index in [4.69, 9.17) is 21.1 Å². The summed E-state index contributed by atoms with van der Waals surface area (Å²) in [5.74, 6) is -0.897. The number of furan rings is 1. The van der Waals surface area contributed by atoms with Crippen LogP contribution in [0.5, 0.6) is 0 Å². The predicted octanol–water partition coefficient (Wildman–Crippen LogP) is 3.97. The molecular weight excluding hydrogens is 402 g/mol. The lowest BCUT2D eigenvalue weighted by molar-refractivity contribution is -0.384. The van der Waals surface area contributed by atoms with Gasteiger partial charge in [-0.25, -0.2) is 10.2 Å². The number of benzene rings is 2. The van der Waals surface area contributed by atoms with Gasteiger partial charge >= 0.3 is 5.97 Å². The van der Waals surface area contributed by atoms with Gasteiger partial charge in [-0.2, -0.15) is 5.10 Å². The van der Waals surface area contributed by atoms with Gasteiger partial charge in [0.15, 0.2) is 0 Å². The molecule has 1 aromatic heterocycles. The number of nitro benzene ring substituents is 1. The number of hydrogen-bond acceptors (Lipinski definition) is 6. The van der Waals surface area contributed by atoms with Crippen molar-refractivity contribution >= 4 is 35.4 Å². The molecule has 9 nitrogen and oxygen atoms in total. The largest absolute Gasteiger partial charge is 0.478 e. The molecule has 0 saturated carbocycles. The fourth-order valence-corrected chi connectivity index (χ4v) is 2.63. The van der Waals surface area contributed by atoms with Gasteiger partial charge in [0.05, 0.1) is 21.7 Å². The first kappa shape index (κ1) is 19.8. The molecule has 0 atom stereocenters. The molecule has 1 amide bonds. The van der Waals surface area contributed by atoms with Crippen LogP contribution < -0.4 is 5.43 Å². The standard InChI is InChI=1S/C19H12ClN3O6/c20-16-9-12(3-7-15(16)19(25)26)17-8-6-14(29-17)10-21-22-18(24)11-1-4-13(5-2-11)23(27)28/h1-10H,(H,22,24)(H,25,26). The third kappa shape index (κ3) is 4.66. The summed E-state index contributed by atoms with van der Waals surface area (Å²) >= 11 is 5.95. The van der Waals surface area contributed by atoms with E-state index >= 15 is 0 Å². The van der Waals surface area contributed by atoms with Crippen LogP contribution in [0.1, 0.15) is 26.5 Å². The Morgan fingerprint density at radius 2 is 1.86 bits per heavy atom. The molecule has 29 heavy (non-hydrogen) atoms. The van der Waals surface area contributed by atoms with Crippen molar-refractivity contribution in [1.82, 2.24) is 5.43 Å². The highest BCUT2D eigenvalue weighted by Gasteiger charge is 2.12. The second-order valence-corrected chi connectivity index (χ2v) is 6.11. The number of nitro groups is 1. The summed E-state index contributed by atoms with van der Waals surface area (Å²) in [6.45, 7) is 0. The Hall–Kier alpha value is -3.98. The fraction of sp³-hybridized carbons (Fsp3) is 0. The monoisotopic (exact) mass is 413 g/mol. The second kappa shape index (κ2) is 8.36. The molecule has 3 rings (SSSR count). The molecular formula is C19H12ClN3O6. The molecule has 0 fully saturated rings. The highest BCUT2D eigenvalue weighted by atomic mass is 35.5. The van der Waals surface area contributed by atoms with Gasteiger partial charge in [0.2, 0.25) is 0 Å². The quantitative estimate of drug-likeness (QED) is 0.356. The van der Waals surface area contributed by atoms with Crippen LogP contribution in [-0.2, 0) is 0 Å². The minimum absolute atomic E-state index is 0.0160. The number of halogens is 1. The van der Waals surface area contributed by atoms with Crippen LogP contribution >= 0.6 is 11.6 Å². The number of amides is 1. The van der Waals surface area contributed by atoms with Crippen molar-refractivity contribution in [2.45, 2.75) is 0 Å². The topological polar surface area (TPSA) is 135 Å². The number of nitrogens with one attached hydrogen (secondary N) is 1. The molecule has 10 heteroatoms. The van der Waals surface area contributed by atoms with Crippen molar-refractivity contribution in [3.05, 3.63) is 86.6 Å². The maximum atomic E-state index is 12.0. The number of rotatable bonds is 6. The number of hydrogen-bond donors (Lipinski definition) is 2. The molecule has 0 aliphatic carbocycles. The lowest BCUT2D eigenvalue weighted by atomic mass is 10.1. The first-order chi connectivity index (χ1) is 13.8. The molecule has 0 saturated heterocycles. The average Bonchev–Trinajstić information content (AvgIpc) is 3.16. The van der Waals surface area contributed by atoms with Crippen molar-refractivity contribution in [1.29, 1.82) is 0 Å². The maximum absolute atomic E-state index is 12.0. The summed E-state index contributed by atoms with van der Waals surface area (Å²) in [6, 6.07) is 12.7. The number of carbonyl (C=O) groups excluding carboxylic acids is 1. The lowest BCUT2D eigenvalue weighted by Gasteiger charge is -2.01. The van der Waals surface area contributed by atoms with Gasteiger partial charge in [-0.15, -0.1) is 0 Å². The molecule has 0 bridgehead atoms. The Morgan fingerprint density at radius 1 is 1.14 bits per heavy atom. The van der Waals surface area contributed by atoms with Crippen molar-refractivity contribution in [3.8, 4) is 11.3 Å². The number of aromatic carboxylic acids is 1. The number of nitrogens with zero attached hydrogens (tertiary/aromatic N) is 2. The van der Waals surface area contributed by atoms with Crippen LogP contribution in [0.15, 0.2) is 64.1 Å². The molecule has 0 aliphatic rings. The van der Waals surface area contributed by atoms with Crippen LogP contribution in [-0.4, -0.2) is 28.1 Å². The van der Waals surface area contributed by atoms with E-state index in [0.29, 0.717) is 17.1 Å². The van der Waals surface area contributed by atoms with Crippen LogP contribution in [0.4, 0.5) is 5.69 Å². The van der Waals surface area contributed by atoms with Crippen molar-refractivity contribution in [2.75, 3.05) is 0 Å². The molecule has 146 valence electrons. The zero-order valence-corrected chi connectivity index (χ0v) is 15.3. The highest BCUT2D eigenvalue weighted by molar-refractivity contribution is 6.33. The van der Waals surface area contributed by atoms with E-state index in [2.05, 4.69) is 10.5 Å². The summed E-state index contributed by atoms with van der Waals surface area (Å²) < 4.78 is 5.57. The van der Waals surface area contributed by atoms with Crippen molar-refractivity contribution < 1.29 is 24.0 Å². The summed E-state index contributed by atoms with van der Waals surface area (Å²) in [6.07, 6.45) is 1.28. The Morgan fingerprint density at radius 3 is 2.48 bits per heavy atom. The summed E-state index contributed by atoms with van der Waals surface area (Å²) in [7, 11) is 0. The van der Waals surface area contributed by atoms with E-state index in [-0.39, 0.29) is 21.8 Å². The maximum Gasteiger partial charge on any atom is 0.337 e. The fourth-order valence-electron chi connectivity index (χ4n) is 2.37. The van der Waals surface area contributed by atoms with E-state index in [0.717, 1.165) is 0 Å². The van der Waals surface area contributed by atoms with Crippen LogP contribution in [0, 0.1) is 10.1 Å². The Bertz CT molecular complexity index is 1120. The van der Waals surface area contributed by atoms with Gasteiger partial charge in [0.25, 0.3) is 11.6 Å². The zero-order valence-electron chi connectivity index (χ0n) is 14.5. The summed E-state index contributed by atoms with van der Waals surface area (Å²) in [4.78, 5) is 33.0. The Kier molecular flexibility index (Phi) is 5.70. The van der Waals surface area contributed by atoms with Crippen LogP contribution in [0.2, 0.25) is 5.02 Å². The van der Waals surface area contributed by atoms with E-state index in [1.165, 1.54) is 42.6 Å². The highest BCUT2D eigenvalue weighted by Crippen LogP contribution is 2.27. The van der Waals surface area contributed by atoms with Gasteiger partial charge in [0.1, 0.15) is 11.5 Å². The van der Waals surface area contributed by atoms with Crippen molar-refractivity contribution in [3.63, 3.8) is 0 Å². The van der Waals surface area contributed by atoms with Gasteiger partial charge in [-0.3, -0.25) is 14.9 Å². The predicted molar refractivity (Wildman–Crippen MR) is 104 cm³/mol. The van der Waals surface area contributed by atoms with E-state index in [1.54, 1.807) is 18.2 Å². The second-order valence-electron chi connectivity index (χ2n) is 5.70. The molecule has 3 aromatic rings. The minimum Gasteiger partial charge on any atom is -0.478 e. The van der Waals surface area contributed by atoms with Gasteiger partial charge < -0.3 is 9.52 Å². The number of carbonyl (C=O) groups is 2. The van der Waals surface area contributed by atoms with Crippen molar-refractivity contribution in [2.24, 2.45) is 5.10 Å². The third-order valence-corrected chi connectivity index (χ3v) is 4.12. The minimum atomic E-state index is -1.13. The SMILES string of the molecule is O=C(NN=Cc1ccc(-c2ccc(C(=O)O)c(Cl)c2)o1)c1ccc([N+](=O)[O-])cc1. The summed E-state index contributed by atoms with van der Waals surface area (Å²) in [5, 5.41) is 23.5. The zero-order chi connectivity index (χ0) is 21.0. The molecule has 0 radical (unpaired) electrons. The third-order valence-electron chi connectivity index (χ3n) is 3.81.